The Morgan fingerprint density at radius 2 is 2.06 bits per heavy atom. The second kappa shape index (κ2) is 6.24. The molecule has 1 aliphatic carbocycles. The Balaban J connectivity index is 2.47. The molecule has 1 saturated carbocycles. The van der Waals surface area contributed by atoms with Crippen LogP contribution in [0.4, 0.5) is 0 Å². The van der Waals surface area contributed by atoms with Crippen molar-refractivity contribution in [3.8, 4) is 0 Å². The molecular formula is C13H25NO2. The number of nitrogens with two attached hydrogens (primary N) is 1. The maximum Gasteiger partial charge on any atom is 0.303 e. The van der Waals surface area contributed by atoms with Crippen molar-refractivity contribution >= 4 is 5.97 Å². The van der Waals surface area contributed by atoms with Gasteiger partial charge in [0, 0.05) is 12.5 Å². The fourth-order valence-corrected chi connectivity index (χ4v) is 3.08. The first-order valence-corrected chi connectivity index (χ1v) is 6.55. The molecule has 0 bridgehead atoms. The summed E-state index contributed by atoms with van der Waals surface area (Å²) in [6, 6.07) is 0.261. The summed E-state index contributed by atoms with van der Waals surface area (Å²) in [7, 11) is 0. The molecule has 3 heteroatoms. The molecule has 16 heavy (non-hydrogen) atoms. The third kappa shape index (κ3) is 4.12. The Kier molecular flexibility index (Phi) is 5.26. The first-order valence-electron chi connectivity index (χ1n) is 6.55. The molecule has 0 aromatic rings. The van der Waals surface area contributed by atoms with E-state index in [4.69, 9.17) is 10.8 Å². The Morgan fingerprint density at radius 1 is 1.44 bits per heavy atom. The quantitative estimate of drug-likeness (QED) is 0.703. The van der Waals surface area contributed by atoms with Crippen LogP contribution in [0.2, 0.25) is 0 Å². The fourth-order valence-electron chi connectivity index (χ4n) is 3.08. The van der Waals surface area contributed by atoms with Crippen molar-refractivity contribution in [3.05, 3.63) is 0 Å². The molecule has 0 heterocycles. The van der Waals surface area contributed by atoms with Crippen LogP contribution >= 0.6 is 0 Å². The highest BCUT2D eigenvalue weighted by Crippen LogP contribution is 2.45. The van der Waals surface area contributed by atoms with E-state index in [1.165, 1.54) is 25.7 Å². The minimum absolute atomic E-state index is 0.243. The summed E-state index contributed by atoms with van der Waals surface area (Å²) in [5.74, 6) is -0.671. The van der Waals surface area contributed by atoms with Gasteiger partial charge in [-0.1, -0.05) is 26.2 Å². The van der Waals surface area contributed by atoms with Gasteiger partial charge in [-0.25, -0.2) is 0 Å². The van der Waals surface area contributed by atoms with Gasteiger partial charge in [-0.15, -0.1) is 0 Å². The number of rotatable bonds is 7. The monoisotopic (exact) mass is 227 g/mol. The molecule has 3 nitrogen and oxygen atoms in total. The van der Waals surface area contributed by atoms with E-state index < -0.39 is 5.97 Å². The molecule has 0 saturated heterocycles. The molecule has 1 atom stereocenters. The standard InChI is InChI=1S/C13H25NO2/c1-2-5-11(14)10-13(7-3-4-8-13)9-6-12(15)16/h11H,2-10,14H2,1H3,(H,15,16). The lowest BCUT2D eigenvalue weighted by molar-refractivity contribution is -0.137. The van der Waals surface area contributed by atoms with Crippen LogP contribution in [-0.4, -0.2) is 17.1 Å². The summed E-state index contributed by atoms with van der Waals surface area (Å²) in [5, 5.41) is 8.79. The lowest BCUT2D eigenvalue weighted by Gasteiger charge is -2.31. The minimum Gasteiger partial charge on any atom is -0.481 e. The van der Waals surface area contributed by atoms with Gasteiger partial charge in [-0.3, -0.25) is 4.79 Å². The molecule has 0 aliphatic heterocycles. The summed E-state index contributed by atoms with van der Waals surface area (Å²) in [6.07, 6.45) is 9.18. The molecule has 1 aliphatic rings. The minimum atomic E-state index is -0.671. The van der Waals surface area contributed by atoms with Crippen molar-refractivity contribution in [2.24, 2.45) is 11.1 Å². The number of aliphatic carboxylic acids is 1. The van der Waals surface area contributed by atoms with Gasteiger partial charge >= 0.3 is 5.97 Å². The second-order valence-electron chi connectivity index (χ2n) is 5.35. The molecule has 0 aromatic carbocycles. The van der Waals surface area contributed by atoms with Crippen LogP contribution in [0.25, 0.3) is 0 Å². The van der Waals surface area contributed by atoms with Gasteiger partial charge in [0.05, 0.1) is 0 Å². The smallest absolute Gasteiger partial charge is 0.303 e. The summed E-state index contributed by atoms with van der Waals surface area (Å²) in [4.78, 5) is 10.7. The fraction of sp³-hybridized carbons (Fsp3) is 0.923. The lowest BCUT2D eigenvalue weighted by atomic mass is 9.75. The van der Waals surface area contributed by atoms with Crippen molar-refractivity contribution in [1.82, 2.24) is 0 Å². The molecule has 0 spiro atoms. The van der Waals surface area contributed by atoms with Crippen molar-refractivity contribution in [3.63, 3.8) is 0 Å². The van der Waals surface area contributed by atoms with Crippen LogP contribution in [0.3, 0.4) is 0 Å². The molecule has 0 amide bonds. The van der Waals surface area contributed by atoms with Crippen molar-refractivity contribution in [2.45, 2.75) is 70.8 Å². The number of carboxylic acids is 1. The Bertz CT molecular complexity index is 222. The third-order valence-corrected chi connectivity index (χ3v) is 3.89. The van der Waals surface area contributed by atoms with Crippen LogP contribution < -0.4 is 5.73 Å². The summed E-state index contributed by atoms with van der Waals surface area (Å²) in [6.45, 7) is 2.15. The number of carboxylic acid groups (broad SMARTS) is 1. The van der Waals surface area contributed by atoms with E-state index in [9.17, 15) is 4.79 Å². The van der Waals surface area contributed by atoms with E-state index in [1.54, 1.807) is 0 Å². The number of hydrogen-bond acceptors (Lipinski definition) is 2. The van der Waals surface area contributed by atoms with Gasteiger partial charge < -0.3 is 10.8 Å². The van der Waals surface area contributed by atoms with Crippen LogP contribution in [0.15, 0.2) is 0 Å². The largest absolute Gasteiger partial charge is 0.481 e. The molecule has 0 radical (unpaired) electrons. The molecule has 1 unspecified atom stereocenters. The summed E-state index contributed by atoms with van der Waals surface area (Å²) < 4.78 is 0. The van der Waals surface area contributed by atoms with Crippen molar-refractivity contribution < 1.29 is 9.90 Å². The van der Waals surface area contributed by atoms with E-state index in [-0.39, 0.29) is 11.5 Å². The van der Waals surface area contributed by atoms with E-state index in [2.05, 4.69) is 6.92 Å². The van der Waals surface area contributed by atoms with E-state index in [1.807, 2.05) is 0 Å². The zero-order chi connectivity index (χ0) is 12.0. The summed E-state index contributed by atoms with van der Waals surface area (Å²) >= 11 is 0. The molecule has 94 valence electrons. The van der Waals surface area contributed by atoms with Gasteiger partial charge in [-0.2, -0.15) is 0 Å². The van der Waals surface area contributed by atoms with Crippen molar-refractivity contribution in [1.29, 1.82) is 0 Å². The third-order valence-electron chi connectivity index (χ3n) is 3.89. The predicted octanol–water partition coefficient (Wildman–Crippen LogP) is 2.93. The molecule has 0 aromatic heterocycles. The number of carbonyl (C=O) groups is 1. The first kappa shape index (κ1) is 13.5. The van der Waals surface area contributed by atoms with Crippen LogP contribution in [0.1, 0.15) is 64.7 Å². The van der Waals surface area contributed by atoms with Gasteiger partial charge in [0.1, 0.15) is 0 Å². The first-order chi connectivity index (χ1) is 7.58. The number of hydrogen-bond donors (Lipinski definition) is 2. The van der Waals surface area contributed by atoms with E-state index in [0.29, 0.717) is 6.42 Å². The maximum atomic E-state index is 10.7. The maximum absolute atomic E-state index is 10.7. The van der Waals surface area contributed by atoms with Crippen LogP contribution in [-0.2, 0) is 4.79 Å². The Morgan fingerprint density at radius 3 is 2.56 bits per heavy atom. The zero-order valence-electron chi connectivity index (χ0n) is 10.4. The SMILES string of the molecule is CCCC(N)CC1(CCC(=O)O)CCCC1. The second-order valence-corrected chi connectivity index (χ2v) is 5.35. The highest BCUT2D eigenvalue weighted by molar-refractivity contribution is 5.66. The highest BCUT2D eigenvalue weighted by atomic mass is 16.4. The van der Waals surface area contributed by atoms with Crippen molar-refractivity contribution in [2.75, 3.05) is 0 Å². The molecule has 1 fully saturated rings. The molecule has 3 N–H and O–H groups in total. The molecule has 1 rings (SSSR count). The van der Waals surface area contributed by atoms with E-state index in [0.717, 1.165) is 25.7 Å². The average molecular weight is 227 g/mol. The van der Waals surface area contributed by atoms with Gasteiger partial charge in [-0.05, 0) is 37.5 Å². The average Bonchev–Trinajstić information content (AvgIpc) is 2.64. The van der Waals surface area contributed by atoms with Crippen LogP contribution in [0, 0.1) is 5.41 Å². The summed E-state index contributed by atoms with van der Waals surface area (Å²) in [5.41, 5.74) is 6.35. The molecular weight excluding hydrogens is 202 g/mol. The predicted molar refractivity (Wildman–Crippen MR) is 65.3 cm³/mol. The lowest BCUT2D eigenvalue weighted by Crippen LogP contribution is -2.30. The zero-order valence-corrected chi connectivity index (χ0v) is 10.4. The normalized spacial score (nSPS) is 20.9. The Labute approximate surface area is 98.4 Å². The Hall–Kier alpha value is -0.570. The topological polar surface area (TPSA) is 63.3 Å². The van der Waals surface area contributed by atoms with Gasteiger partial charge in [0.15, 0.2) is 0 Å². The van der Waals surface area contributed by atoms with E-state index >= 15 is 0 Å². The van der Waals surface area contributed by atoms with Crippen LogP contribution in [0.5, 0.6) is 0 Å². The highest BCUT2D eigenvalue weighted by Gasteiger charge is 2.35. The van der Waals surface area contributed by atoms with Gasteiger partial charge in [0.2, 0.25) is 0 Å². The van der Waals surface area contributed by atoms with Gasteiger partial charge in [0.25, 0.3) is 0 Å².